The molecule has 0 aliphatic carbocycles. The molecule has 1 aliphatic rings. The number of thioether (sulfide) groups is 1. The number of hydrogen-bond donors (Lipinski definition) is 0. The summed E-state index contributed by atoms with van der Waals surface area (Å²) in [5, 5.41) is 5.49. The maximum atomic E-state index is 11.4. The molecule has 0 N–H and O–H groups in total. The molecule has 0 bridgehead atoms. The molecular formula is C10H9N3OS2. The molecule has 0 atom stereocenters. The monoisotopic (exact) mass is 251 g/mol. The highest BCUT2D eigenvalue weighted by atomic mass is 32.2. The van der Waals surface area contributed by atoms with Crippen molar-refractivity contribution in [3.05, 3.63) is 30.1 Å². The molecule has 4 nitrogen and oxygen atoms in total. The Morgan fingerprint density at radius 1 is 1.69 bits per heavy atom. The Morgan fingerprint density at radius 2 is 2.50 bits per heavy atom. The summed E-state index contributed by atoms with van der Waals surface area (Å²) in [5.41, 5.74) is 1.61. The van der Waals surface area contributed by atoms with E-state index in [0.717, 1.165) is 11.3 Å². The van der Waals surface area contributed by atoms with Crippen LogP contribution in [0.3, 0.4) is 0 Å². The van der Waals surface area contributed by atoms with Gasteiger partial charge >= 0.3 is 0 Å². The lowest BCUT2D eigenvalue weighted by atomic mass is 10.2. The molecule has 1 aromatic rings. The van der Waals surface area contributed by atoms with Crippen LogP contribution < -0.4 is 0 Å². The van der Waals surface area contributed by atoms with E-state index in [4.69, 9.17) is 12.2 Å². The number of carbonyl (C=O) groups excluding carboxylic acids is 1. The predicted octanol–water partition coefficient (Wildman–Crippen LogP) is 1.67. The average Bonchev–Trinajstić information content (AvgIpc) is 2.62. The highest BCUT2D eigenvalue weighted by molar-refractivity contribution is 8.23. The SMILES string of the molecule is C/C(=N\N1C(=O)CSC1=S)c1cccnc1. The lowest BCUT2D eigenvalue weighted by Crippen LogP contribution is -2.24. The van der Waals surface area contributed by atoms with Gasteiger partial charge in [-0.3, -0.25) is 9.78 Å². The van der Waals surface area contributed by atoms with Crippen LogP contribution in [0.1, 0.15) is 12.5 Å². The number of carbonyl (C=O) groups is 1. The molecule has 1 saturated heterocycles. The van der Waals surface area contributed by atoms with Crippen molar-refractivity contribution in [3.63, 3.8) is 0 Å². The summed E-state index contributed by atoms with van der Waals surface area (Å²) in [6.45, 7) is 1.83. The highest BCUT2D eigenvalue weighted by Gasteiger charge is 2.26. The number of aromatic nitrogens is 1. The van der Waals surface area contributed by atoms with Gasteiger partial charge in [0.1, 0.15) is 0 Å². The van der Waals surface area contributed by atoms with E-state index in [1.807, 2.05) is 19.1 Å². The van der Waals surface area contributed by atoms with Gasteiger partial charge in [-0.05, 0) is 13.0 Å². The van der Waals surface area contributed by atoms with Crippen LogP contribution in [0.2, 0.25) is 0 Å². The van der Waals surface area contributed by atoms with Gasteiger partial charge in [-0.15, -0.1) is 0 Å². The number of rotatable bonds is 2. The van der Waals surface area contributed by atoms with E-state index in [9.17, 15) is 4.79 Å². The molecule has 2 rings (SSSR count). The summed E-state index contributed by atoms with van der Waals surface area (Å²) in [5.74, 6) is 0.307. The smallest absolute Gasteiger partial charge is 0.259 e. The lowest BCUT2D eigenvalue weighted by molar-refractivity contribution is -0.124. The molecule has 1 aliphatic heterocycles. The molecule has 0 radical (unpaired) electrons. The molecule has 0 spiro atoms. The first-order valence-corrected chi connectivity index (χ1v) is 6.03. The van der Waals surface area contributed by atoms with Gasteiger partial charge in [0.15, 0.2) is 4.32 Å². The molecular weight excluding hydrogens is 242 g/mol. The van der Waals surface area contributed by atoms with Crippen LogP contribution in [0, 0.1) is 0 Å². The van der Waals surface area contributed by atoms with Crippen LogP contribution in [-0.2, 0) is 4.79 Å². The summed E-state index contributed by atoms with van der Waals surface area (Å²) in [6.07, 6.45) is 3.40. The lowest BCUT2D eigenvalue weighted by Gasteiger charge is -2.09. The van der Waals surface area contributed by atoms with Crippen LogP contribution in [0.15, 0.2) is 29.6 Å². The van der Waals surface area contributed by atoms with Gasteiger partial charge in [-0.25, -0.2) is 0 Å². The van der Waals surface area contributed by atoms with Gasteiger partial charge in [0.05, 0.1) is 11.5 Å². The minimum atomic E-state index is -0.0711. The van der Waals surface area contributed by atoms with Gasteiger partial charge in [-0.2, -0.15) is 10.1 Å². The first-order chi connectivity index (χ1) is 7.68. The van der Waals surface area contributed by atoms with E-state index in [-0.39, 0.29) is 5.91 Å². The molecule has 1 amide bonds. The third kappa shape index (κ3) is 2.28. The van der Waals surface area contributed by atoms with Crippen LogP contribution in [0.25, 0.3) is 0 Å². The van der Waals surface area contributed by atoms with Crippen molar-refractivity contribution in [2.45, 2.75) is 6.92 Å². The van der Waals surface area contributed by atoms with Crippen molar-refractivity contribution in [1.29, 1.82) is 0 Å². The first-order valence-electron chi connectivity index (χ1n) is 4.64. The molecule has 0 aromatic carbocycles. The number of hydrazone groups is 1. The number of pyridine rings is 1. The molecule has 2 heterocycles. The fourth-order valence-electron chi connectivity index (χ4n) is 1.23. The average molecular weight is 251 g/mol. The molecule has 0 saturated carbocycles. The van der Waals surface area contributed by atoms with E-state index in [1.165, 1.54) is 16.8 Å². The van der Waals surface area contributed by atoms with Crippen LogP contribution in [0.4, 0.5) is 0 Å². The molecule has 1 fully saturated rings. The summed E-state index contributed by atoms with van der Waals surface area (Å²) in [4.78, 5) is 15.4. The number of nitrogens with zero attached hydrogens (tertiary/aromatic N) is 3. The maximum absolute atomic E-state index is 11.4. The summed E-state index contributed by atoms with van der Waals surface area (Å²) in [6, 6.07) is 3.72. The third-order valence-electron chi connectivity index (χ3n) is 2.06. The van der Waals surface area contributed by atoms with Crippen LogP contribution in [-0.4, -0.2) is 31.7 Å². The van der Waals surface area contributed by atoms with Gasteiger partial charge < -0.3 is 0 Å². The fourth-order valence-corrected chi connectivity index (χ4v) is 2.18. The van der Waals surface area contributed by atoms with Crippen molar-refractivity contribution in [3.8, 4) is 0 Å². The third-order valence-corrected chi connectivity index (χ3v) is 3.40. The minimum Gasteiger partial charge on any atom is -0.272 e. The second-order valence-corrected chi connectivity index (χ2v) is 4.80. The van der Waals surface area contributed by atoms with E-state index in [0.29, 0.717) is 10.1 Å². The number of amides is 1. The van der Waals surface area contributed by atoms with Crippen molar-refractivity contribution in [1.82, 2.24) is 9.99 Å². The fraction of sp³-hybridized carbons (Fsp3) is 0.200. The van der Waals surface area contributed by atoms with E-state index in [2.05, 4.69) is 10.1 Å². The topological polar surface area (TPSA) is 45.6 Å². The number of thiocarbonyl (C=S) groups is 1. The summed E-state index contributed by atoms with van der Waals surface area (Å²) < 4.78 is 0.508. The second-order valence-electron chi connectivity index (χ2n) is 3.19. The Kier molecular flexibility index (Phi) is 3.31. The van der Waals surface area contributed by atoms with Gasteiger partial charge in [0, 0.05) is 18.0 Å². The Morgan fingerprint density at radius 3 is 3.06 bits per heavy atom. The molecule has 0 unspecified atom stereocenters. The predicted molar refractivity (Wildman–Crippen MR) is 68.4 cm³/mol. The minimum absolute atomic E-state index is 0.0711. The highest BCUT2D eigenvalue weighted by Crippen LogP contribution is 2.20. The maximum Gasteiger partial charge on any atom is 0.259 e. The molecule has 16 heavy (non-hydrogen) atoms. The normalized spacial score (nSPS) is 17.1. The van der Waals surface area contributed by atoms with Gasteiger partial charge in [-0.1, -0.05) is 30.0 Å². The van der Waals surface area contributed by atoms with Crippen LogP contribution in [0.5, 0.6) is 0 Å². The zero-order valence-corrected chi connectivity index (χ0v) is 10.2. The first kappa shape index (κ1) is 11.2. The Balaban J connectivity index is 2.25. The Hall–Kier alpha value is -1.27. The van der Waals surface area contributed by atoms with Gasteiger partial charge in [0.2, 0.25) is 0 Å². The van der Waals surface area contributed by atoms with Crippen molar-refractivity contribution in [2.75, 3.05) is 5.75 Å². The molecule has 6 heteroatoms. The Labute approximate surface area is 103 Å². The van der Waals surface area contributed by atoms with E-state index >= 15 is 0 Å². The standard InChI is InChI=1S/C10H9N3OS2/c1-7(8-3-2-4-11-5-8)12-13-9(14)6-16-10(13)15/h2-5H,6H2,1H3/b12-7+. The quantitative estimate of drug-likeness (QED) is 0.592. The molecule has 82 valence electrons. The zero-order chi connectivity index (χ0) is 11.5. The van der Waals surface area contributed by atoms with E-state index in [1.54, 1.807) is 12.4 Å². The van der Waals surface area contributed by atoms with Crippen molar-refractivity contribution < 1.29 is 4.79 Å². The van der Waals surface area contributed by atoms with Crippen molar-refractivity contribution >= 4 is 39.9 Å². The summed E-state index contributed by atoms with van der Waals surface area (Å²) >= 11 is 6.37. The summed E-state index contributed by atoms with van der Waals surface area (Å²) in [7, 11) is 0. The van der Waals surface area contributed by atoms with Crippen molar-refractivity contribution in [2.24, 2.45) is 5.10 Å². The largest absolute Gasteiger partial charge is 0.272 e. The zero-order valence-electron chi connectivity index (χ0n) is 8.58. The molecule has 1 aromatic heterocycles. The number of hydrogen-bond acceptors (Lipinski definition) is 5. The second kappa shape index (κ2) is 4.71. The van der Waals surface area contributed by atoms with Crippen LogP contribution >= 0.6 is 24.0 Å². The Bertz CT molecular complexity index is 442. The van der Waals surface area contributed by atoms with E-state index < -0.39 is 0 Å². The van der Waals surface area contributed by atoms with Gasteiger partial charge in [0.25, 0.3) is 5.91 Å².